The zero-order valence-electron chi connectivity index (χ0n) is 24.2. The van der Waals surface area contributed by atoms with Gasteiger partial charge in [-0.05, 0) is 55.5 Å². The number of hydrogen-bond donors (Lipinski definition) is 1. The van der Waals surface area contributed by atoms with Gasteiger partial charge in [0.25, 0.3) is 6.02 Å². The Kier molecular flexibility index (Phi) is 9.24. The van der Waals surface area contributed by atoms with Crippen molar-refractivity contribution < 1.29 is 32.8 Å². The summed E-state index contributed by atoms with van der Waals surface area (Å²) in [4.78, 5) is 6.88. The van der Waals surface area contributed by atoms with E-state index in [1.807, 2.05) is 48.2 Å². The molecule has 3 aromatic carbocycles. The lowest BCUT2D eigenvalue weighted by molar-refractivity contribution is 0.162. The van der Waals surface area contributed by atoms with Crippen LogP contribution in [0.4, 0.5) is 10.1 Å². The third-order valence-electron chi connectivity index (χ3n) is 6.80. The largest absolute Gasteiger partial charge is 0.497 e. The zero-order chi connectivity index (χ0) is 29.6. The molecule has 1 aliphatic heterocycles. The van der Waals surface area contributed by atoms with Crippen molar-refractivity contribution in [1.29, 1.82) is 0 Å². The summed E-state index contributed by atoms with van der Waals surface area (Å²) in [6.45, 7) is 2.63. The Morgan fingerprint density at radius 2 is 1.41 bits per heavy atom. The average Bonchev–Trinajstić information content (AvgIpc) is 2.98. The van der Waals surface area contributed by atoms with Crippen molar-refractivity contribution in [3.05, 3.63) is 88.9 Å². The van der Waals surface area contributed by atoms with E-state index in [9.17, 15) is 0 Å². The van der Waals surface area contributed by atoms with Gasteiger partial charge in [-0.1, -0.05) is 0 Å². The number of nitrogens with two attached hydrogens (primary N) is 1. The summed E-state index contributed by atoms with van der Waals surface area (Å²) in [7, 11) is 7.96. The number of benzene rings is 3. The highest BCUT2D eigenvalue weighted by molar-refractivity contribution is 5.77. The molecule has 0 unspecified atom stereocenters. The van der Waals surface area contributed by atoms with E-state index >= 15 is 4.39 Å². The quantitative estimate of drug-likeness (QED) is 0.314. The lowest BCUT2D eigenvalue weighted by atomic mass is 9.90. The molecular weight excluding hydrogens is 529 g/mol. The molecule has 0 amide bonds. The molecule has 0 saturated heterocycles. The number of amidine groups is 1. The van der Waals surface area contributed by atoms with Crippen molar-refractivity contribution in [2.24, 2.45) is 4.99 Å². The van der Waals surface area contributed by atoms with Crippen LogP contribution in [-0.4, -0.2) is 53.1 Å². The summed E-state index contributed by atoms with van der Waals surface area (Å²) in [6, 6.07) is 15.9. The first-order chi connectivity index (χ1) is 19.7. The fourth-order valence-electron chi connectivity index (χ4n) is 4.70. The van der Waals surface area contributed by atoms with Crippen LogP contribution < -0.4 is 24.7 Å². The molecule has 1 heterocycles. The second-order valence-corrected chi connectivity index (χ2v) is 9.64. The molecule has 10 heteroatoms. The summed E-state index contributed by atoms with van der Waals surface area (Å²) in [5.41, 5.74) is 7.36. The molecule has 2 N–H and O–H groups in total. The third kappa shape index (κ3) is 6.66. The van der Waals surface area contributed by atoms with Gasteiger partial charge in [-0.3, -0.25) is 0 Å². The molecule has 0 fully saturated rings. The molecule has 41 heavy (non-hydrogen) atoms. The van der Waals surface area contributed by atoms with E-state index in [0.717, 1.165) is 11.1 Å². The molecule has 9 nitrogen and oxygen atoms in total. The smallest absolute Gasteiger partial charge is 0.294 e. The molecule has 0 bridgehead atoms. The van der Waals surface area contributed by atoms with Crippen molar-refractivity contribution in [1.82, 2.24) is 4.90 Å². The molecule has 4 rings (SSSR count). The van der Waals surface area contributed by atoms with Crippen LogP contribution in [0, 0.1) is 5.82 Å². The van der Waals surface area contributed by atoms with Crippen LogP contribution >= 0.6 is 0 Å². The summed E-state index contributed by atoms with van der Waals surface area (Å²) < 4.78 is 49.0. The Morgan fingerprint density at radius 3 is 1.93 bits per heavy atom. The normalized spacial score (nSPS) is 16.3. The predicted octanol–water partition coefficient (Wildman–Crippen LogP) is 5.28. The Balaban J connectivity index is 1.84. The molecule has 218 valence electrons. The van der Waals surface area contributed by atoms with Gasteiger partial charge in [0, 0.05) is 41.6 Å². The van der Waals surface area contributed by atoms with Crippen LogP contribution in [0.3, 0.4) is 0 Å². The molecule has 0 radical (unpaired) electrons. The van der Waals surface area contributed by atoms with Gasteiger partial charge in [0.15, 0.2) is 0 Å². The number of rotatable bonds is 11. The highest BCUT2D eigenvalue weighted by Crippen LogP contribution is 2.37. The van der Waals surface area contributed by atoms with E-state index in [4.69, 9.17) is 39.1 Å². The lowest BCUT2D eigenvalue weighted by Gasteiger charge is -2.34. The monoisotopic (exact) mass is 565 g/mol. The molecule has 0 saturated carbocycles. The van der Waals surface area contributed by atoms with Crippen molar-refractivity contribution in [2.45, 2.75) is 25.6 Å². The summed E-state index contributed by atoms with van der Waals surface area (Å²) in [6.07, 6.45) is 1.75. The highest BCUT2D eigenvalue weighted by atomic mass is 19.1. The van der Waals surface area contributed by atoms with Gasteiger partial charge in [-0.15, -0.1) is 0 Å². The van der Waals surface area contributed by atoms with Crippen LogP contribution in [0.5, 0.6) is 23.0 Å². The van der Waals surface area contributed by atoms with Crippen molar-refractivity contribution in [3.8, 4) is 23.0 Å². The van der Waals surface area contributed by atoms with Gasteiger partial charge in [0.1, 0.15) is 46.7 Å². The second kappa shape index (κ2) is 12.8. The van der Waals surface area contributed by atoms with E-state index in [2.05, 4.69) is 0 Å². The topological polar surface area (TPSA) is 97.0 Å². The SMILES string of the molecule is COCC1=C[C@@](C)(c2cc(N)ccc2F)N=C(N(Cc2ccc(OC)cc2OC)Cc2ccc(OC)cc2OC)O1. The summed E-state index contributed by atoms with van der Waals surface area (Å²) in [5.74, 6) is 2.63. The van der Waals surface area contributed by atoms with Crippen LogP contribution in [0.2, 0.25) is 0 Å². The number of methoxy groups -OCH3 is 5. The van der Waals surface area contributed by atoms with E-state index in [-0.39, 0.29) is 12.6 Å². The number of ether oxygens (including phenoxy) is 6. The average molecular weight is 566 g/mol. The van der Waals surface area contributed by atoms with Gasteiger partial charge in [-0.25, -0.2) is 9.38 Å². The Morgan fingerprint density at radius 1 is 0.829 bits per heavy atom. The van der Waals surface area contributed by atoms with Crippen molar-refractivity contribution >= 4 is 11.7 Å². The maximum absolute atomic E-state index is 15.2. The molecule has 0 spiro atoms. The number of halogens is 1. The zero-order valence-corrected chi connectivity index (χ0v) is 24.2. The third-order valence-corrected chi connectivity index (χ3v) is 6.80. The van der Waals surface area contributed by atoms with Crippen LogP contribution in [0.1, 0.15) is 23.6 Å². The minimum absolute atomic E-state index is 0.157. The lowest BCUT2D eigenvalue weighted by Crippen LogP contribution is -2.38. The van der Waals surface area contributed by atoms with Gasteiger partial charge >= 0.3 is 0 Å². The first-order valence-electron chi connectivity index (χ1n) is 12.9. The summed E-state index contributed by atoms with van der Waals surface area (Å²) >= 11 is 0. The molecule has 0 aliphatic carbocycles. The minimum Gasteiger partial charge on any atom is -0.497 e. The number of hydrogen-bond acceptors (Lipinski definition) is 9. The predicted molar refractivity (Wildman–Crippen MR) is 155 cm³/mol. The molecule has 1 atom stereocenters. The van der Waals surface area contributed by atoms with Gasteiger partial charge in [0.2, 0.25) is 0 Å². The Hall–Kier alpha value is -4.44. The van der Waals surface area contributed by atoms with E-state index in [0.29, 0.717) is 53.1 Å². The van der Waals surface area contributed by atoms with E-state index in [1.54, 1.807) is 47.7 Å². The number of nitrogen functional groups attached to an aromatic ring is 1. The minimum atomic E-state index is -1.13. The number of anilines is 1. The number of aliphatic imine (C=N–C) groups is 1. The fraction of sp³-hybridized carbons (Fsp3) is 0.323. The second-order valence-electron chi connectivity index (χ2n) is 9.64. The van der Waals surface area contributed by atoms with E-state index < -0.39 is 11.4 Å². The summed E-state index contributed by atoms with van der Waals surface area (Å²) in [5, 5.41) is 0. The molecular formula is C31H36FN3O6. The van der Waals surface area contributed by atoms with E-state index in [1.165, 1.54) is 12.1 Å². The highest BCUT2D eigenvalue weighted by Gasteiger charge is 2.35. The van der Waals surface area contributed by atoms with Gasteiger partial charge in [0.05, 0.1) is 41.5 Å². The van der Waals surface area contributed by atoms with Crippen LogP contribution in [0.15, 0.2) is 71.4 Å². The van der Waals surface area contributed by atoms with Crippen molar-refractivity contribution in [3.63, 3.8) is 0 Å². The van der Waals surface area contributed by atoms with Crippen LogP contribution in [0.25, 0.3) is 0 Å². The van der Waals surface area contributed by atoms with Gasteiger partial charge in [-0.2, -0.15) is 0 Å². The van der Waals surface area contributed by atoms with Crippen molar-refractivity contribution in [2.75, 3.05) is 47.9 Å². The molecule has 1 aliphatic rings. The molecule has 3 aromatic rings. The Bertz CT molecular complexity index is 1390. The maximum atomic E-state index is 15.2. The van der Waals surface area contributed by atoms with Crippen LogP contribution in [-0.2, 0) is 28.1 Å². The van der Waals surface area contributed by atoms with Gasteiger partial charge < -0.3 is 39.1 Å². The fourth-order valence-corrected chi connectivity index (χ4v) is 4.70. The number of nitrogens with zero attached hydrogens (tertiary/aromatic N) is 2. The molecule has 0 aromatic heterocycles. The first kappa shape index (κ1) is 29.5. The standard InChI is InChI=1S/C31H36FN3O6/c1-31(26-13-22(33)9-12-27(26)32)16-25(19-36-2)41-30(34-31)35(17-20-7-10-23(37-3)14-28(20)39-5)18-21-8-11-24(38-4)15-29(21)40-6/h7-16H,17-19,33H2,1-6H3/t31-/m0/s1. The Labute approximate surface area is 239 Å². The first-order valence-corrected chi connectivity index (χ1v) is 12.9. The maximum Gasteiger partial charge on any atom is 0.294 e.